The molecule has 0 bridgehead atoms. The molecule has 3 aromatic rings. The lowest BCUT2D eigenvalue weighted by molar-refractivity contribution is -0.113. The van der Waals surface area contributed by atoms with Crippen molar-refractivity contribution in [3.8, 4) is 5.75 Å². The highest BCUT2D eigenvalue weighted by molar-refractivity contribution is 5.63. The maximum Gasteiger partial charge on any atom is 0.145 e. The van der Waals surface area contributed by atoms with Crippen LogP contribution in [0.1, 0.15) is 23.6 Å². The molecular formula is C27H31NO3. The normalized spacial score (nSPS) is 11.7. The van der Waals surface area contributed by atoms with Crippen LogP contribution >= 0.6 is 0 Å². The molecule has 0 fully saturated rings. The Balaban J connectivity index is 1.63. The number of carbonyl (C=O) groups is 1. The Bertz CT molecular complexity index is 888. The van der Waals surface area contributed by atoms with E-state index in [2.05, 4.69) is 79.4 Å². The van der Waals surface area contributed by atoms with Crippen molar-refractivity contribution in [1.82, 2.24) is 0 Å². The van der Waals surface area contributed by atoms with Crippen molar-refractivity contribution in [3.63, 3.8) is 0 Å². The molecule has 0 heterocycles. The van der Waals surface area contributed by atoms with Crippen LogP contribution in [0.25, 0.3) is 0 Å². The summed E-state index contributed by atoms with van der Waals surface area (Å²) in [5, 5.41) is 0. The fraction of sp³-hybridized carbons (Fsp3) is 0.296. The summed E-state index contributed by atoms with van der Waals surface area (Å²) in [6.07, 6.45) is 1.55. The van der Waals surface area contributed by atoms with E-state index in [1.54, 1.807) is 0 Å². The number of anilines is 2. The minimum absolute atomic E-state index is 0.0991. The average molecular weight is 418 g/mol. The maximum absolute atomic E-state index is 10.4. The van der Waals surface area contributed by atoms with Crippen molar-refractivity contribution in [1.29, 1.82) is 0 Å². The third-order valence-corrected chi connectivity index (χ3v) is 5.17. The Morgan fingerprint density at radius 3 is 1.90 bits per heavy atom. The third kappa shape index (κ3) is 6.97. The van der Waals surface area contributed by atoms with Gasteiger partial charge in [0, 0.05) is 17.9 Å². The smallest absolute Gasteiger partial charge is 0.145 e. The van der Waals surface area contributed by atoms with Crippen molar-refractivity contribution in [2.24, 2.45) is 0 Å². The van der Waals surface area contributed by atoms with Gasteiger partial charge in [-0.15, -0.1) is 0 Å². The van der Waals surface area contributed by atoms with Gasteiger partial charge in [0.05, 0.1) is 6.10 Å². The number of hydrogen-bond acceptors (Lipinski definition) is 4. The van der Waals surface area contributed by atoms with Gasteiger partial charge in [0.1, 0.15) is 25.2 Å². The lowest BCUT2D eigenvalue weighted by atomic mass is 10.1. The molecule has 4 heteroatoms. The zero-order valence-electron chi connectivity index (χ0n) is 18.6. The third-order valence-electron chi connectivity index (χ3n) is 5.17. The number of benzene rings is 3. The van der Waals surface area contributed by atoms with Crippen molar-refractivity contribution in [2.75, 3.05) is 24.7 Å². The summed E-state index contributed by atoms with van der Waals surface area (Å²) >= 11 is 0. The molecule has 4 nitrogen and oxygen atoms in total. The topological polar surface area (TPSA) is 38.8 Å². The zero-order chi connectivity index (χ0) is 22.1. The fourth-order valence-electron chi connectivity index (χ4n) is 3.32. The first-order valence-electron chi connectivity index (χ1n) is 10.7. The van der Waals surface area contributed by atoms with Gasteiger partial charge in [-0.2, -0.15) is 0 Å². The molecule has 0 aliphatic carbocycles. The van der Waals surface area contributed by atoms with Gasteiger partial charge in [0.25, 0.3) is 0 Å². The Kier molecular flexibility index (Phi) is 8.25. The van der Waals surface area contributed by atoms with Gasteiger partial charge in [-0.1, -0.05) is 47.5 Å². The van der Waals surface area contributed by atoms with Crippen LogP contribution in [0, 0.1) is 13.8 Å². The molecule has 1 unspecified atom stereocenters. The molecule has 0 saturated heterocycles. The Morgan fingerprint density at radius 2 is 1.39 bits per heavy atom. The molecule has 3 aromatic carbocycles. The van der Waals surface area contributed by atoms with Crippen LogP contribution in [0.15, 0.2) is 72.8 Å². The number of aryl methyl sites for hydroxylation is 2. The molecule has 3 rings (SSSR count). The van der Waals surface area contributed by atoms with Crippen LogP contribution in [0.5, 0.6) is 5.75 Å². The minimum Gasteiger partial charge on any atom is -0.491 e. The summed E-state index contributed by atoms with van der Waals surface area (Å²) < 4.78 is 11.1. The monoisotopic (exact) mass is 417 g/mol. The quantitative estimate of drug-likeness (QED) is 0.377. The average Bonchev–Trinajstić information content (AvgIpc) is 2.79. The van der Waals surface area contributed by atoms with Crippen LogP contribution < -0.4 is 9.64 Å². The SMILES string of the molecule is Cc1ccc(N(CCc2ccc(OCC(C)OCC=O)cc2)c2ccc(C)cc2)cc1. The van der Waals surface area contributed by atoms with E-state index < -0.39 is 0 Å². The Hall–Kier alpha value is -3.11. The highest BCUT2D eigenvalue weighted by Crippen LogP contribution is 2.26. The molecule has 0 spiro atoms. The van der Waals surface area contributed by atoms with Crippen LogP contribution in [0.4, 0.5) is 11.4 Å². The maximum atomic E-state index is 10.4. The van der Waals surface area contributed by atoms with E-state index >= 15 is 0 Å². The van der Waals surface area contributed by atoms with Crippen LogP contribution in [-0.4, -0.2) is 32.1 Å². The first kappa shape index (κ1) is 22.6. The van der Waals surface area contributed by atoms with Crippen molar-refractivity contribution in [2.45, 2.75) is 33.3 Å². The second-order valence-electron chi connectivity index (χ2n) is 7.84. The van der Waals surface area contributed by atoms with E-state index in [9.17, 15) is 4.79 Å². The molecule has 1 atom stereocenters. The number of carbonyl (C=O) groups excluding carboxylic acids is 1. The Labute approximate surface area is 185 Å². The second-order valence-corrected chi connectivity index (χ2v) is 7.84. The summed E-state index contributed by atoms with van der Waals surface area (Å²) in [5.74, 6) is 0.805. The lowest BCUT2D eigenvalue weighted by Gasteiger charge is -2.25. The van der Waals surface area contributed by atoms with E-state index in [0.29, 0.717) is 6.61 Å². The highest BCUT2D eigenvalue weighted by atomic mass is 16.5. The molecule has 0 N–H and O–H groups in total. The van der Waals surface area contributed by atoms with Gasteiger partial charge in [-0.3, -0.25) is 0 Å². The van der Waals surface area contributed by atoms with Gasteiger partial charge in [-0.05, 0) is 69.2 Å². The summed E-state index contributed by atoms with van der Waals surface area (Å²) in [6.45, 7) is 7.51. The second kappa shape index (κ2) is 11.3. The largest absolute Gasteiger partial charge is 0.491 e. The number of hydrogen-bond donors (Lipinski definition) is 0. The summed E-state index contributed by atoms with van der Waals surface area (Å²) in [7, 11) is 0. The first-order valence-corrected chi connectivity index (χ1v) is 10.7. The number of rotatable bonds is 11. The lowest BCUT2D eigenvalue weighted by Crippen LogP contribution is -2.20. The van der Waals surface area contributed by atoms with Gasteiger partial charge in [-0.25, -0.2) is 0 Å². The number of nitrogens with zero attached hydrogens (tertiary/aromatic N) is 1. The van der Waals surface area contributed by atoms with Crippen LogP contribution in [0.2, 0.25) is 0 Å². The fourth-order valence-corrected chi connectivity index (χ4v) is 3.32. The minimum atomic E-state index is -0.123. The van der Waals surface area contributed by atoms with E-state index in [4.69, 9.17) is 9.47 Å². The first-order chi connectivity index (χ1) is 15.0. The zero-order valence-corrected chi connectivity index (χ0v) is 18.6. The van der Waals surface area contributed by atoms with Crippen molar-refractivity contribution in [3.05, 3.63) is 89.5 Å². The van der Waals surface area contributed by atoms with Gasteiger partial charge in [0.2, 0.25) is 0 Å². The van der Waals surface area contributed by atoms with E-state index in [1.165, 1.54) is 28.1 Å². The van der Waals surface area contributed by atoms with Crippen molar-refractivity contribution >= 4 is 17.7 Å². The molecule has 0 amide bonds. The van der Waals surface area contributed by atoms with E-state index in [0.717, 1.165) is 25.0 Å². The highest BCUT2D eigenvalue weighted by Gasteiger charge is 2.10. The predicted molar refractivity (Wildman–Crippen MR) is 126 cm³/mol. The summed E-state index contributed by atoms with van der Waals surface area (Å²) in [4.78, 5) is 12.7. The molecule has 0 aliphatic rings. The van der Waals surface area contributed by atoms with E-state index in [1.807, 2.05) is 19.1 Å². The molecule has 0 aliphatic heterocycles. The number of aldehydes is 1. The summed E-state index contributed by atoms with van der Waals surface area (Å²) in [6, 6.07) is 25.5. The molecule has 162 valence electrons. The molecule has 0 aromatic heterocycles. The molecule has 0 radical (unpaired) electrons. The van der Waals surface area contributed by atoms with Crippen molar-refractivity contribution < 1.29 is 14.3 Å². The van der Waals surface area contributed by atoms with E-state index in [-0.39, 0.29) is 12.7 Å². The predicted octanol–water partition coefficient (Wildman–Crippen LogP) is 5.67. The number of ether oxygens (including phenoxy) is 2. The summed E-state index contributed by atoms with van der Waals surface area (Å²) in [5.41, 5.74) is 6.16. The molecular weight excluding hydrogens is 386 g/mol. The standard InChI is InChI=1S/C27H31NO3/c1-21-4-10-25(11-5-21)28(26-12-6-22(2)7-13-26)17-16-24-8-14-27(15-9-24)31-20-23(3)30-19-18-29/h4-15,18,23H,16-17,19-20H2,1-3H3. The van der Waals surface area contributed by atoms with Crippen LogP contribution in [-0.2, 0) is 16.0 Å². The molecule has 0 saturated carbocycles. The van der Waals surface area contributed by atoms with Gasteiger partial charge in [0.15, 0.2) is 0 Å². The van der Waals surface area contributed by atoms with Crippen LogP contribution in [0.3, 0.4) is 0 Å². The molecule has 31 heavy (non-hydrogen) atoms. The van der Waals surface area contributed by atoms with Gasteiger partial charge >= 0.3 is 0 Å². The van der Waals surface area contributed by atoms with Gasteiger partial charge < -0.3 is 19.2 Å². The Morgan fingerprint density at radius 1 is 0.839 bits per heavy atom.